The molecule has 110 valence electrons. The first-order chi connectivity index (χ1) is 10.0. The van der Waals surface area contributed by atoms with E-state index >= 15 is 0 Å². The summed E-state index contributed by atoms with van der Waals surface area (Å²) in [5.41, 5.74) is 1.97. The Morgan fingerprint density at radius 3 is 2.57 bits per heavy atom. The normalized spacial score (nSPS) is 10.7. The Balaban J connectivity index is 2.31. The molecule has 0 spiro atoms. The third kappa shape index (κ3) is 4.09. The maximum Gasteiger partial charge on any atom is 0.195 e. The predicted molar refractivity (Wildman–Crippen MR) is 90.8 cm³/mol. The molecule has 0 atom stereocenters. The van der Waals surface area contributed by atoms with E-state index in [1.807, 2.05) is 23.9 Å². The highest BCUT2D eigenvalue weighted by molar-refractivity contribution is 9.10. The monoisotopic (exact) mass is 386 g/mol. The quantitative estimate of drug-likeness (QED) is 0.610. The summed E-state index contributed by atoms with van der Waals surface area (Å²) < 4.78 is 13.8. The highest BCUT2D eigenvalue weighted by Gasteiger charge is 2.16. The van der Waals surface area contributed by atoms with Gasteiger partial charge in [-0.1, -0.05) is 40.5 Å². The van der Waals surface area contributed by atoms with Crippen LogP contribution in [-0.4, -0.2) is 11.5 Å². The van der Waals surface area contributed by atoms with Crippen molar-refractivity contribution in [3.63, 3.8) is 0 Å². The lowest BCUT2D eigenvalue weighted by Crippen LogP contribution is -2.04. The summed E-state index contributed by atoms with van der Waals surface area (Å²) >= 11 is 11.2. The minimum Gasteiger partial charge on any atom is -0.289 e. The molecule has 0 aliphatic rings. The third-order valence-electron chi connectivity index (χ3n) is 2.93. The Kier molecular flexibility index (Phi) is 5.85. The van der Waals surface area contributed by atoms with Gasteiger partial charge in [0.25, 0.3) is 0 Å². The summed E-state index contributed by atoms with van der Waals surface area (Å²) in [6.07, 6.45) is 0. The molecule has 5 heteroatoms. The molecule has 1 nitrogen and oxygen atoms in total. The first kappa shape index (κ1) is 16.5. The number of hydrogen-bond acceptors (Lipinski definition) is 2. The van der Waals surface area contributed by atoms with Crippen LogP contribution >= 0.6 is 39.3 Å². The van der Waals surface area contributed by atoms with Crippen LogP contribution in [0.15, 0.2) is 40.9 Å². The Morgan fingerprint density at radius 1 is 1.24 bits per heavy atom. The van der Waals surface area contributed by atoms with E-state index in [0.717, 1.165) is 27.6 Å². The van der Waals surface area contributed by atoms with Crippen LogP contribution in [0.5, 0.6) is 0 Å². The molecule has 0 N–H and O–H groups in total. The molecule has 2 aromatic rings. The number of carbonyl (C=O) groups excluding carboxylic acids is 1. The lowest BCUT2D eigenvalue weighted by molar-refractivity contribution is 0.103. The zero-order chi connectivity index (χ0) is 15.4. The van der Waals surface area contributed by atoms with Gasteiger partial charge in [-0.2, -0.15) is 11.8 Å². The first-order valence-electron chi connectivity index (χ1n) is 6.39. The second-order valence-corrected chi connectivity index (χ2v) is 6.94. The van der Waals surface area contributed by atoms with Gasteiger partial charge in [-0.05, 0) is 41.6 Å². The van der Waals surface area contributed by atoms with Crippen molar-refractivity contribution in [1.29, 1.82) is 0 Å². The van der Waals surface area contributed by atoms with E-state index in [9.17, 15) is 9.18 Å². The number of ketones is 1. The summed E-state index contributed by atoms with van der Waals surface area (Å²) in [6.45, 7) is 2.11. The van der Waals surface area contributed by atoms with Crippen molar-refractivity contribution in [2.24, 2.45) is 0 Å². The van der Waals surface area contributed by atoms with E-state index in [-0.39, 0.29) is 10.8 Å². The lowest BCUT2D eigenvalue weighted by atomic mass is 10.0. The smallest absolute Gasteiger partial charge is 0.195 e. The molecular weight excluding hydrogens is 375 g/mol. The van der Waals surface area contributed by atoms with Gasteiger partial charge < -0.3 is 0 Å². The largest absolute Gasteiger partial charge is 0.289 e. The molecule has 0 amide bonds. The molecule has 0 bridgehead atoms. The van der Waals surface area contributed by atoms with E-state index in [4.69, 9.17) is 11.6 Å². The van der Waals surface area contributed by atoms with Gasteiger partial charge >= 0.3 is 0 Å². The van der Waals surface area contributed by atoms with Crippen molar-refractivity contribution in [1.82, 2.24) is 0 Å². The lowest BCUT2D eigenvalue weighted by Gasteiger charge is -2.08. The second kappa shape index (κ2) is 7.43. The molecule has 2 aromatic carbocycles. The van der Waals surface area contributed by atoms with Crippen LogP contribution in [0.25, 0.3) is 0 Å². The number of carbonyl (C=O) groups is 1. The van der Waals surface area contributed by atoms with Crippen molar-refractivity contribution in [3.05, 3.63) is 68.4 Å². The molecule has 0 aliphatic carbocycles. The number of rotatable bonds is 5. The van der Waals surface area contributed by atoms with Gasteiger partial charge in [0.05, 0.1) is 5.02 Å². The van der Waals surface area contributed by atoms with Gasteiger partial charge in [0.2, 0.25) is 0 Å². The molecule has 21 heavy (non-hydrogen) atoms. The molecule has 2 rings (SSSR count). The molecule has 0 radical (unpaired) electrons. The Labute approximate surface area is 141 Å². The number of thioether (sulfide) groups is 1. The predicted octanol–water partition coefficient (Wildman–Crippen LogP) is 5.73. The SMILES string of the molecule is CCSCc1ccc(C(=O)c2ccc(F)cc2Cl)c(Br)c1. The van der Waals surface area contributed by atoms with Gasteiger partial charge in [-0.3, -0.25) is 4.79 Å². The van der Waals surface area contributed by atoms with Crippen molar-refractivity contribution in [2.45, 2.75) is 12.7 Å². The van der Waals surface area contributed by atoms with Crippen LogP contribution < -0.4 is 0 Å². The van der Waals surface area contributed by atoms with Crippen LogP contribution in [0.3, 0.4) is 0 Å². The zero-order valence-electron chi connectivity index (χ0n) is 11.3. The van der Waals surface area contributed by atoms with Crippen LogP contribution in [0.1, 0.15) is 28.4 Å². The summed E-state index contributed by atoms with van der Waals surface area (Å²) in [5, 5.41) is 0.123. The van der Waals surface area contributed by atoms with Gasteiger partial charge in [-0.15, -0.1) is 0 Å². The van der Waals surface area contributed by atoms with Crippen molar-refractivity contribution < 1.29 is 9.18 Å². The van der Waals surface area contributed by atoms with Gasteiger partial charge in [0.1, 0.15) is 5.82 Å². The molecule has 0 fully saturated rings. The van der Waals surface area contributed by atoms with Gasteiger partial charge in [-0.25, -0.2) is 4.39 Å². The molecule has 0 aliphatic heterocycles. The van der Waals surface area contributed by atoms with Crippen molar-refractivity contribution >= 4 is 45.1 Å². The topological polar surface area (TPSA) is 17.1 Å². The average Bonchev–Trinajstić information content (AvgIpc) is 2.44. The Bertz CT molecular complexity index is 675. The zero-order valence-corrected chi connectivity index (χ0v) is 14.5. The highest BCUT2D eigenvalue weighted by atomic mass is 79.9. The molecule has 0 saturated heterocycles. The van der Waals surface area contributed by atoms with Crippen LogP contribution in [-0.2, 0) is 5.75 Å². The highest BCUT2D eigenvalue weighted by Crippen LogP contribution is 2.26. The van der Waals surface area contributed by atoms with E-state index in [1.165, 1.54) is 12.1 Å². The fourth-order valence-electron chi connectivity index (χ4n) is 1.87. The Hall–Kier alpha value is -0.840. The molecule has 0 aromatic heterocycles. The van der Waals surface area contributed by atoms with E-state index < -0.39 is 5.82 Å². The van der Waals surface area contributed by atoms with Gasteiger partial charge in [0, 0.05) is 21.4 Å². The van der Waals surface area contributed by atoms with Gasteiger partial charge in [0.15, 0.2) is 5.78 Å². The summed E-state index contributed by atoms with van der Waals surface area (Å²) in [4.78, 5) is 12.5. The van der Waals surface area contributed by atoms with Crippen molar-refractivity contribution in [2.75, 3.05) is 5.75 Å². The molecule has 0 unspecified atom stereocenters. The minimum absolute atomic E-state index is 0.123. The molecular formula is C16H13BrClFOS. The fourth-order valence-corrected chi connectivity index (χ4v) is 3.35. The summed E-state index contributed by atoms with van der Waals surface area (Å²) in [7, 11) is 0. The molecule has 0 saturated carbocycles. The number of halogens is 3. The number of hydrogen-bond donors (Lipinski definition) is 0. The number of benzene rings is 2. The fraction of sp³-hybridized carbons (Fsp3) is 0.188. The molecule has 0 heterocycles. The van der Waals surface area contributed by atoms with Crippen LogP contribution in [0, 0.1) is 5.82 Å². The first-order valence-corrected chi connectivity index (χ1v) is 8.71. The average molecular weight is 388 g/mol. The summed E-state index contributed by atoms with van der Waals surface area (Å²) in [6, 6.07) is 9.44. The Morgan fingerprint density at radius 2 is 1.95 bits per heavy atom. The third-order valence-corrected chi connectivity index (χ3v) is 4.84. The van der Waals surface area contributed by atoms with E-state index in [0.29, 0.717) is 11.1 Å². The maximum absolute atomic E-state index is 13.1. The van der Waals surface area contributed by atoms with Crippen LogP contribution in [0.2, 0.25) is 5.02 Å². The maximum atomic E-state index is 13.1. The van der Waals surface area contributed by atoms with E-state index in [1.54, 1.807) is 6.07 Å². The standard InChI is InChI=1S/C16H13BrClFOS/c1-2-21-9-10-3-5-12(14(17)7-10)16(20)13-6-4-11(19)8-15(13)18/h3-8H,2,9H2,1H3. The minimum atomic E-state index is -0.456. The second-order valence-electron chi connectivity index (χ2n) is 4.40. The van der Waals surface area contributed by atoms with Crippen LogP contribution in [0.4, 0.5) is 4.39 Å². The van der Waals surface area contributed by atoms with Crippen molar-refractivity contribution in [3.8, 4) is 0 Å². The van der Waals surface area contributed by atoms with E-state index in [2.05, 4.69) is 22.9 Å². The summed E-state index contributed by atoms with van der Waals surface area (Å²) in [5.74, 6) is 1.27.